The largest absolute Gasteiger partial charge is 0.454 e. The second-order valence-electron chi connectivity index (χ2n) is 4.46. The lowest BCUT2D eigenvalue weighted by Crippen LogP contribution is -2.01. The molecule has 0 radical (unpaired) electrons. The number of fused-ring (bicyclic) bond motifs is 1. The Kier molecular flexibility index (Phi) is 3.82. The molecule has 0 unspecified atom stereocenters. The highest BCUT2D eigenvalue weighted by molar-refractivity contribution is 14.1. The Labute approximate surface area is 134 Å². The molecule has 0 saturated heterocycles. The normalized spacial score (nSPS) is 12.2. The number of nitrogens with one attached hydrogen (secondary N) is 1. The topological polar surface area (TPSA) is 73.6 Å². The summed E-state index contributed by atoms with van der Waals surface area (Å²) in [5, 5.41) is 14.0. The van der Waals surface area contributed by atoms with E-state index in [-0.39, 0.29) is 12.5 Å². The minimum Gasteiger partial charge on any atom is -0.454 e. The molecule has 0 fully saturated rings. The molecule has 0 atom stereocenters. The highest BCUT2D eigenvalue weighted by Crippen LogP contribution is 2.33. The highest BCUT2D eigenvalue weighted by atomic mass is 127. The number of nitro groups is 1. The molecule has 0 spiro atoms. The fourth-order valence-electron chi connectivity index (χ4n) is 2.01. The minimum absolute atomic E-state index is 0.0908. The SMILES string of the molecule is O=[N+]([O-])c1ccc(NCc2ccc3c(c2)OCO3)c(I)c1. The molecule has 1 N–H and O–H groups in total. The van der Waals surface area contributed by atoms with Crippen molar-refractivity contribution in [1.29, 1.82) is 0 Å². The summed E-state index contributed by atoms with van der Waals surface area (Å²) in [5.74, 6) is 1.50. The summed E-state index contributed by atoms with van der Waals surface area (Å²) in [4.78, 5) is 10.3. The van der Waals surface area contributed by atoms with Crippen LogP contribution in [0.5, 0.6) is 11.5 Å². The maximum atomic E-state index is 10.7. The third kappa shape index (κ3) is 3.02. The van der Waals surface area contributed by atoms with Crippen LogP contribution in [0, 0.1) is 13.7 Å². The average molecular weight is 398 g/mol. The van der Waals surface area contributed by atoms with Crippen LogP contribution in [0.2, 0.25) is 0 Å². The second kappa shape index (κ2) is 5.76. The second-order valence-corrected chi connectivity index (χ2v) is 5.62. The van der Waals surface area contributed by atoms with Crippen LogP contribution < -0.4 is 14.8 Å². The first-order chi connectivity index (χ1) is 10.1. The number of rotatable bonds is 4. The summed E-state index contributed by atoms with van der Waals surface area (Å²) >= 11 is 2.08. The summed E-state index contributed by atoms with van der Waals surface area (Å²) in [6.07, 6.45) is 0. The molecule has 108 valence electrons. The molecular weight excluding hydrogens is 387 g/mol. The van der Waals surface area contributed by atoms with Crippen molar-refractivity contribution in [3.05, 3.63) is 55.6 Å². The number of anilines is 1. The lowest BCUT2D eigenvalue weighted by Gasteiger charge is -2.09. The summed E-state index contributed by atoms with van der Waals surface area (Å²) in [6.45, 7) is 0.858. The zero-order valence-corrected chi connectivity index (χ0v) is 13.0. The third-order valence-corrected chi connectivity index (χ3v) is 3.98. The molecule has 0 bridgehead atoms. The molecule has 7 heteroatoms. The first kappa shape index (κ1) is 13.9. The van der Waals surface area contributed by atoms with Gasteiger partial charge in [0.2, 0.25) is 6.79 Å². The number of nitro benzene ring substituents is 1. The van der Waals surface area contributed by atoms with Crippen LogP contribution >= 0.6 is 22.6 Å². The monoisotopic (exact) mass is 398 g/mol. The van der Waals surface area contributed by atoms with Gasteiger partial charge in [0.15, 0.2) is 11.5 Å². The van der Waals surface area contributed by atoms with Crippen molar-refractivity contribution < 1.29 is 14.4 Å². The van der Waals surface area contributed by atoms with E-state index in [0.29, 0.717) is 6.54 Å². The van der Waals surface area contributed by atoms with Gasteiger partial charge in [-0.25, -0.2) is 0 Å². The number of hydrogen-bond donors (Lipinski definition) is 1. The highest BCUT2D eigenvalue weighted by Gasteiger charge is 2.13. The summed E-state index contributed by atoms with van der Waals surface area (Å²) in [6, 6.07) is 10.5. The number of ether oxygens (including phenoxy) is 2. The lowest BCUT2D eigenvalue weighted by atomic mass is 10.2. The van der Waals surface area contributed by atoms with Gasteiger partial charge in [0.1, 0.15) is 0 Å². The first-order valence-electron chi connectivity index (χ1n) is 6.20. The fourth-order valence-corrected chi connectivity index (χ4v) is 2.70. The number of hydrogen-bond acceptors (Lipinski definition) is 5. The standard InChI is InChI=1S/C14H11IN2O4/c15-11-6-10(17(18)19)2-3-12(11)16-7-9-1-4-13-14(5-9)21-8-20-13/h1-6,16H,7-8H2. The van der Waals surface area contributed by atoms with Crippen molar-refractivity contribution in [3.63, 3.8) is 0 Å². The zero-order chi connectivity index (χ0) is 14.8. The zero-order valence-electron chi connectivity index (χ0n) is 10.8. The van der Waals surface area contributed by atoms with Gasteiger partial charge in [-0.15, -0.1) is 0 Å². The van der Waals surface area contributed by atoms with Crippen molar-refractivity contribution in [3.8, 4) is 11.5 Å². The van der Waals surface area contributed by atoms with Crippen molar-refractivity contribution in [1.82, 2.24) is 0 Å². The Balaban J connectivity index is 1.71. The van der Waals surface area contributed by atoms with E-state index in [1.165, 1.54) is 6.07 Å². The third-order valence-electron chi connectivity index (χ3n) is 3.08. The number of halogens is 1. The molecule has 0 amide bonds. The van der Waals surface area contributed by atoms with Crippen LogP contribution in [-0.4, -0.2) is 11.7 Å². The Hall–Kier alpha value is -2.03. The first-order valence-corrected chi connectivity index (χ1v) is 7.28. The molecule has 6 nitrogen and oxygen atoms in total. The number of nitrogens with zero attached hydrogens (tertiary/aromatic N) is 1. The average Bonchev–Trinajstić information content (AvgIpc) is 2.93. The molecule has 0 saturated carbocycles. The fraction of sp³-hybridized carbons (Fsp3) is 0.143. The molecule has 1 aliphatic rings. The van der Waals surface area contributed by atoms with Crippen molar-refractivity contribution >= 4 is 34.0 Å². The van der Waals surface area contributed by atoms with Gasteiger partial charge < -0.3 is 14.8 Å². The molecule has 21 heavy (non-hydrogen) atoms. The Morgan fingerprint density at radius 3 is 2.76 bits per heavy atom. The van der Waals surface area contributed by atoms with Gasteiger partial charge in [-0.05, 0) is 46.4 Å². The maximum Gasteiger partial charge on any atom is 0.270 e. The van der Waals surface area contributed by atoms with Crippen LogP contribution in [0.25, 0.3) is 0 Å². The molecule has 3 rings (SSSR count). The van der Waals surface area contributed by atoms with E-state index in [0.717, 1.165) is 26.3 Å². The van der Waals surface area contributed by atoms with Gasteiger partial charge in [0.05, 0.1) is 4.92 Å². The molecule has 2 aromatic rings. The lowest BCUT2D eigenvalue weighted by molar-refractivity contribution is -0.384. The number of benzene rings is 2. The minimum atomic E-state index is -0.399. The molecule has 0 aromatic heterocycles. The van der Waals surface area contributed by atoms with E-state index in [2.05, 4.69) is 27.9 Å². The van der Waals surface area contributed by atoms with Gasteiger partial charge in [-0.1, -0.05) is 6.07 Å². The van der Waals surface area contributed by atoms with Crippen molar-refractivity contribution in [2.24, 2.45) is 0 Å². The Morgan fingerprint density at radius 2 is 2.00 bits per heavy atom. The van der Waals surface area contributed by atoms with Gasteiger partial charge in [-0.3, -0.25) is 10.1 Å². The molecule has 0 aliphatic carbocycles. The van der Waals surface area contributed by atoms with Crippen LogP contribution in [0.4, 0.5) is 11.4 Å². The van der Waals surface area contributed by atoms with Gasteiger partial charge >= 0.3 is 0 Å². The smallest absolute Gasteiger partial charge is 0.270 e. The Bertz CT molecular complexity index is 705. The van der Waals surface area contributed by atoms with Crippen molar-refractivity contribution in [2.45, 2.75) is 6.54 Å². The molecule has 1 aliphatic heterocycles. The van der Waals surface area contributed by atoms with E-state index >= 15 is 0 Å². The van der Waals surface area contributed by atoms with Gasteiger partial charge in [-0.2, -0.15) is 0 Å². The predicted octanol–water partition coefficient (Wildman–Crippen LogP) is 3.54. The van der Waals surface area contributed by atoms with Crippen LogP contribution in [0.15, 0.2) is 36.4 Å². The van der Waals surface area contributed by atoms with E-state index < -0.39 is 4.92 Å². The summed E-state index contributed by atoms with van der Waals surface area (Å²) in [7, 11) is 0. The summed E-state index contributed by atoms with van der Waals surface area (Å²) < 4.78 is 11.4. The van der Waals surface area contributed by atoms with Crippen LogP contribution in [0.3, 0.4) is 0 Å². The van der Waals surface area contributed by atoms with Gasteiger partial charge in [0, 0.05) is 27.9 Å². The van der Waals surface area contributed by atoms with Gasteiger partial charge in [0.25, 0.3) is 5.69 Å². The van der Waals surface area contributed by atoms with E-state index in [9.17, 15) is 10.1 Å². The van der Waals surface area contributed by atoms with Crippen LogP contribution in [-0.2, 0) is 6.54 Å². The Morgan fingerprint density at radius 1 is 1.19 bits per heavy atom. The number of non-ortho nitro benzene ring substituents is 1. The van der Waals surface area contributed by atoms with E-state index in [1.54, 1.807) is 12.1 Å². The molecular formula is C14H11IN2O4. The van der Waals surface area contributed by atoms with E-state index in [4.69, 9.17) is 9.47 Å². The van der Waals surface area contributed by atoms with Crippen molar-refractivity contribution in [2.75, 3.05) is 12.1 Å². The predicted molar refractivity (Wildman–Crippen MR) is 85.7 cm³/mol. The van der Waals surface area contributed by atoms with E-state index in [1.807, 2.05) is 18.2 Å². The summed E-state index contributed by atoms with van der Waals surface area (Å²) in [5.41, 5.74) is 2.00. The quantitative estimate of drug-likeness (QED) is 0.485. The maximum absolute atomic E-state index is 10.7. The molecule has 2 aromatic carbocycles. The molecule has 1 heterocycles. The van der Waals surface area contributed by atoms with Crippen LogP contribution in [0.1, 0.15) is 5.56 Å².